The van der Waals surface area contributed by atoms with Crippen LogP contribution in [-0.4, -0.2) is 23.7 Å². The predicted octanol–water partition coefficient (Wildman–Crippen LogP) is 2.00. The molecule has 0 aliphatic rings. The molecule has 104 valence electrons. The summed E-state index contributed by atoms with van der Waals surface area (Å²) in [6.07, 6.45) is -0.0851. The lowest BCUT2D eigenvalue weighted by molar-refractivity contribution is -0.136. The Morgan fingerprint density at radius 1 is 1.26 bits per heavy atom. The zero-order valence-electron chi connectivity index (χ0n) is 11.5. The Hall–Kier alpha value is -2.04. The van der Waals surface area contributed by atoms with Crippen molar-refractivity contribution in [2.75, 3.05) is 6.54 Å². The molecule has 0 unspecified atom stereocenters. The minimum atomic E-state index is -0.932. The van der Waals surface area contributed by atoms with Crippen LogP contribution in [0.4, 0.5) is 4.79 Å². The van der Waals surface area contributed by atoms with E-state index in [4.69, 9.17) is 5.11 Å². The van der Waals surface area contributed by atoms with E-state index in [0.717, 1.165) is 11.1 Å². The van der Waals surface area contributed by atoms with Crippen LogP contribution in [0.5, 0.6) is 0 Å². The number of nitrogens with one attached hydrogen (secondary N) is 2. The highest BCUT2D eigenvalue weighted by Crippen LogP contribution is 2.22. The molecule has 0 bridgehead atoms. The summed E-state index contributed by atoms with van der Waals surface area (Å²) in [6.45, 7) is 5.92. The normalized spacial score (nSPS) is 10.9. The van der Waals surface area contributed by atoms with Crippen molar-refractivity contribution in [1.29, 1.82) is 0 Å². The number of rotatable bonds is 5. The molecule has 1 rings (SSSR count). The van der Waals surface area contributed by atoms with E-state index in [1.807, 2.05) is 45.0 Å². The smallest absolute Gasteiger partial charge is 0.315 e. The van der Waals surface area contributed by atoms with Gasteiger partial charge in [0.1, 0.15) is 0 Å². The molecular formula is C14H20N2O3. The fraction of sp³-hybridized carbons (Fsp3) is 0.429. The van der Waals surface area contributed by atoms with E-state index in [0.29, 0.717) is 0 Å². The second-order valence-corrected chi connectivity index (χ2v) is 4.96. The maximum atomic E-state index is 11.7. The average Bonchev–Trinajstić information content (AvgIpc) is 2.27. The molecule has 0 fully saturated rings. The van der Waals surface area contributed by atoms with Gasteiger partial charge in [-0.1, -0.05) is 24.3 Å². The number of aryl methyl sites for hydroxylation is 1. The van der Waals surface area contributed by atoms with Crippen molar-refractivity contribution < 1.29 is 14.7 Å². The quantitative estimate of drug-likeness (QED) is 0.761. The van der Waals surface area contributed by atoms with Gasteiger partial charge in [-0.25, -0.2) is 4.79 Å². The highest BCUT2D eigenvalue weighted by atomic mass is 16.4. The van der Waals surface area contributed by atoms with Crippen LogP contribution in [0.2, 0.25) is 0 Å². The summed E-state index contributed by atoms with van der Waals surface area (Å²) in [5, 5.41) is 13.9. The first kappa shape index (κ1) is 15.0. The van der Waals surface area contributed by atoms with Crippen molar-refractivity contribution in [1.82, 2.24) is 10.6 Å². The van der Waals surface area contributed by atoms with Crippen LogP contribution in [0.3, 0.4) is 0 Å². The minimum absolute atomic E-state index is 0.0851. The van der Waals surface area contributed by atoms with Crippen molar-refractivity contribution >= 4 is 12.0 Å². The lowest BCUT2D eigenvalue weighted by atomic mass is 9.90. The summed E-state index contributed by atoms with van der Waals surface area (Å²) in [7, 11) is 0. The van der Waals surface area contributed by atoms with Crippen LogP contribution in [0.1, 0.15) is 31.4 Å². The first-order chi connectivity index (χ1) is 8.83. The van der Waals surface area contributed by atoms with E-state index in [1.54, 1.807) is 0 Å². The summed E-state index contributed by atoms with van der Waals surface area (Å²) in [6, 6.07) is 7.46. The van der Waals surface area contributed by atoms with Gasteiger partial charge in [-0.15, -0.1) is 0 Å². The van der Waals surface area contributed by atoms with Crippen LogP contribution in [0.25, 0.3) is 0 Å². The van der Waals surface area contributed by atoms with Crippen LogP contribution in [-0.2, 0) is 10.3 Å². The molecular weight excluding hydrogens is 244 g/mol. The number of carbonyl (C=O) groups is 2. The van der Waals surface area contributed by atoms with Crippen LogP contribution in [0.15, 0.2) is 24.3 Å². The number of carbonyl (C=O) groups excluding carboxylic acids is 1. The zero-order valence-corrected chi connectivity index (χ0v) is 11.5. The van der Waals surface area contributed by atoms with Crippen molar-refractivity contribution in [2.24, 2.45) is 0 Å². The Bertz CT molecular complexity index is 470. The molecule has 0 aromatic heterocycles. The van der Waals surface area contributed by atoms with Gasteiger partial charge >= 0.3 is 12.0 Å². The Morgan fingerprint density at radius 3 is 2.47 bits per heavy atom. The van der Waals surface area contributed by atoms with E-state index in [2.05, 4.69) is 10.6 Å². The van der Waals surface area contributed by atoms with Gasteiger partial charge in [-0.3, -0.25) is 4.79 Å². The van der Waals surface area contributed by atoms with Gasteiger partial charge in [-0.2, -0.15) is 0 Å². The molecule has 0 radical (unpaired) electrons. The number of carboxylic acids is 1. The average molecular weight is 264 g/mol. The Labute approximate surface area is 113 Å². The molecule has 19 heavy (non-hydrogen) atoms. The Kier molecular flexibility index (Phi) is 4.92. The third-order valence-corrected chi connectivity index (χ3v) is 2.87. The second kappa shape index (κ2) is 6.22. The van der Waals surface area contributed by atoms with E-state index >= 15 is 0 Å². The topological polar surface area (TPSA) is 78.4 Å². The van der Waals surface area contributed by atoms with E-state index < -0.39 is 11.5 Å². The third kappa shape index (κ3) is 4.62. The molecule has 0 atom stereocenters. The van der Waals surface area contributed by atoms with Gasteiger partial charge in [0.25, 0.3) is 0 Å². The fourth-order valence-corrected chi connectivity index (χ4v) is 1.95. The van der Waals surface area contributed by atoms with Crippen molar-refractivity contribution in [3.8, 4) is 0 Å². The molecule has 5 nitrogen and oxygen atoms in total. The SMILES string of the molecule is Cc1ccccc1C(C)(C)NC(=O)NCCC(=O)O. The molecule has 0 aliphatic heterocycles. The summed E-state index contributed by atoms with van der Waals surface area (Å²) in [4.78, 5) is 22.1. The highest BCUT2D eigenvalue weighted by Gasteiger charge is 2.24. The predicted molar refractivity (Wildman–Crippen MR) is 73.0 cm³/mol. The van der Waals surface area contributed by atoms with Gasteiger partial charge in [0, 0.05) is 6.54 Å². The summed E-state index contributed by atoms with van der Waals surface area (Å²) >= 11 is 0. The Morgan fingerprint density at radius 2 is 1.89 bits per heavy atom. The van der Waals surface area contributed by atoms with Crippen molar-refractivity contribution in [2.45, 2.75) is 32.7 Å². The van der Waals surface area contributed by atoms with Gasteiger partial charge < -0.3 is 15.7 Å². The fourth-order valence-electron chi connectivity index (χ4n) is 1.95. The monoisotopic (exact) mass is 264 g/mol. The molecule has 1 aromatic rings. The summed E-state index contributed by atoms with van der Waals surface area (Å²) < 4.78 is 0. The molecule has 0 saturated heterocycles. The second-order valence-electron chi connectivity index (χ2n) is 4.96. The van der Waals surface area contributed by atoms with E-state index in [9.17, 15) is 9.59 Å². The summed E-state index contributed by atoms with van der Waals surface area (Å²) in [5.41, 5.74) is 1.61. The standard InChI is InChI=1S/C14H20N2O3/c1-10-6-4-5-7-11(10)14(2,3)16-13(19)15-9-8-12(17)18/h4-7H,8-9H2,1-3H3,(H,17,18)(H2,15,16,19). The number of aliphatic carboxylic acids is 1. The summed E-state index contributed by atoms with van der Waals surface area (Å²) in [5.74, 6) is -0.932. The van der Waals surface area contributed by atoms with E-state index in [1.165, 1.54) is 0 Å². The number of urea groups is 1. The molecule has 5 heteroatoms. The van der Waals surface area contributed by atoms with E-state index in [-0.39, 0.29) is 19.0 Å². The van der Waals surface area contributed by atoms with Gasteiger partial charge in [0.15, 0.2) is 0 Å². The Balaban J connectivity index is 2.62. The number of benzene rings is 1. The number of amides is 2. The third-order valence-electron chi connectivity index (χ3n) is 2.87. The van der Waals surface area contributed by atoms with Crippen LogP contribution >= 0.6 is 0 Å². The first-order valence-corrected chi connectivity index (χ1v) is 6.17. The molecule has 0 saturated carbocycles. The van der Waals surface area contributed by atoms with Crippen molar-refractivity contribution in [3.05, 3.63) is 35.4 Å². The lowest BCUT2D eigenvalue weighted by Gasteiger charge is -2.28. The highest BCUT2D eigenvalue weighted by molar-refractivity contribution is 5.76. The number of carboxylic acid groups (broad SMARTS) is 1. The first-order valence-electron chi connectivity index (χ1n) is 6.17. The molecule has 2 amide bonds. The molecule has 0 spiro atoms. The maximum Gasteiger partial charge on any atom is 0.315 e. The number of hydrogen-bond donors (Lipinski definition) is 3. The van der Waals surface area contributed by atoms with Gasteiger partial charge in [0.05, 0.1) is 12.0 Å². The largest absolute Gasteiger partial charge is 0.481 e. The van der Waals surface area contributed by atoms with Crippen LogP contribution < -0.4 is 10.6 Å². The van der Waals surface area contributed by atoms with Crippen molar-refractivity contribution in [3.63, 3.8) is 0 Å². The molecule has 1 aromatic carbocycles. The van der Waals surface area contributed by atoms with Crippen LogP contribution in [0, 0.1) is 6.92 Å². The maximum absolute atomic E-state index is 11.7. The van der Waals surface area contributed by atoms with Gasteiger partial charge in [-0.05, 0) is 31.9 Å². The minimum Gasteiger partial charge on any atom is -0.481 e. The van der Waals surface area contributed by atoms with Gasteiger partial charge in [0.2, 0.25) is 0 Å². The molecule has 0 heterocycles. The number of hydrogen-bond acceptors (Lipinski definition) is 2. The molecule has 0 aliphatic carbocycles. The molecule has 3 N–H and O–H groups in total. The zero-order chi connectivity index (χ0) is 14.5. The lowest BCUT2D eigenvalue weighted by Crippen LogP contribution is -2.47.